The first-order valence-corrected chi connectivity index (χ1v) is 8.92. The molecule has 1 fully saturated rings. The molecule has 4 rings (SSSR count). The Bertz CT molecular complexity index is 942. The molecule has 0 unspecified atom stereocenters. The molecule has 0 N–H and O–H groups in total. The van der Waals surface area contributed by atoms with E-state index in [4.69, 9.17) is 0 Å². The maximum absolute atomic E-state index is 11.0. The number of benzene rings is 2. The number of hydrogen-bond donors (Lipinski definition) is 0. The predicted octanol–water partition coefficient (Wildman–Crippen LogP) is 1.53. The number of carbonyl (C=O) groups excluding carboxylic acids is 1. The number of likely N-dealkylation sites (N-methyl/N-ethyl adjacent to an activating group) is 1. The minimum Gasteiger partial charge on any atom is -0.545 e. The van der Waals surface area contributed by atoms with E-state index in [0.717, 1.165) is 43.9 Å². The van der Waals surface area contributed by atoms with Gasteiger partial charge in [0.15, 0.2) is 0 Å². The highest BCUT2D eigenvalue weighted by Gasteiger charge is 2.16. The molecule has 1 aromatic heterocycles. The lowest BCUT2D eigenvalue weighted by Crippen LogP contribution is -2.46. The molecule has 2 heterocycles. The fraction of sp³-hybridized carbons (Fsp3) is 0.300. The van der Waals surface area contributed by atoms with Gasteiger partial charge in [-0.2, -0.15) is 0 Å². The highest BCUT2D eigenvalue weighted by atomic mass is 16.4. The van der Waals surface area contributed by atoms with E-state index in [0.29, 0.717) is 5.52 Å². The quantitative estimate of drug-likeness (QED) is 0.715. The van der Waals surface area contributed by atoms with Crippen LogP contribution < -0.4 is 10.0 Å². The van der Waals surface area contributed by atoms with Crippen LogP contribution in [0, 0.1) is 0 Å². The molecule has 0 aliphatic carbocycles. The highest BCUT2D eigenvalue weighted by molar-refractivity contribution is 5.91. The average Bonchev–Trinajstić information content (AvgIpc) is 3.11. The second kappa shape index (κ2) is 6.80. The molecule has 1 aliphatic heterocycles. The topological polar surface area (TPSA) is 64.4 Å². The number of anilines is 1. The normalized spacial score (nSPS) is 15.5. The Kier molecular flexibility index (Phi) is 4.34. The van der Waals surface area contributed by atoms with Gasteiger partial charge in [-0.25, -0.2) is 4.98 Å². The van der Waals surface area contributed by atoms with Gasteiger partial charge in [0.25, 0.3) is 0 Å². The minimum atomic E-state index is -1.19. The number of carbonyl (C=O) groups is 1. The summed E-state index contributed by atoms with van der Waals surface area (Å²) in [7, 11) is 0. The first kappa shape index (κ1) is 16.6. The Morgan fingerprint density at radius 1 is 1.08 bits per heavy atom. The van der Waals surface area contributed by atoms with Crippen LogP contribution in [0.25, 0.3) is 16.7 Å². The number of fused-ring (bicyclic) bond motifs is 1. The van der Waals surface area contributed by atoms with Gasteiger partial charge < -0.3 is 19.7 Å². The smallest absolute Gasteiger partial charge is 0.100 e. The van der Waals surface area contributed by atoms with Crippen LogP contribution in [0.15, 0.2) is 48.8 Å². The van der Waals surface area contributed by atoms with Gasteiger partial charge in [-0.05, 0) is 42.4 Å². The summed E-state index contributed by atoms with van der Waals surface area (Å²) in [5.74, 6) is -1.19. The molecule has 6 nitrogen and oxygen atoms in total. The Hall–Kier alpha value is -2.86. The molecule has 0 spiro atoms. The largest absolute Gasteiger partial charge is 0.545 e. The summed E-state index contributed by atoms with van der Waals surface area (Å²) < 4.78 is 1.99. The van der Waals surface area contributed by atoms with Gasteiger partial charge >= 0.3 is 0 Å². The molecule has 1 saturated heterocycles. The van der Waals surface area contributed by atoms with E-state index >= 15 is 0 Å². The molecule has 0 saturated carbocycles. The van der Waals surface area contributed by atoms with Gasteiger partial charge in [-0.1, -0.05) is 19.1 Å². The Morgan fingerprint density at radius 3 is 2.58 bits per heavy atom. The molecule has 0 bridgehead atoms. The van der Waals surface area contributed by atoms with Gasteiger partial charge in [0.2, 0.25) is 0 Å². The standard InChI is InChI=1S/C20H22N4O2/c1-2-22-8-10-23(11-9-22)16-4-3-5-17(13-16)24-14-21-18-12-15(20(25)26)6-7-19(18)24/h3-7,12-14H,2,8-11H2,1H3,(H,25,26)/p-1. The third kappa shape index (κ3) is 3.04. The predicted molar refractivity (Wildman–Crippen MR) is 99.7 cm³/mol. The van der Waals surface area contributed by atoms with Crippen LogP contribution in [0.2, 0.25) is 0 Å². The van der Waals surface area contributed by atoms with Crippen molar-refractivity contribution in [3.8, 4) is 5.69 Å². The third-order valence-corrected chi connectivity index (χ3v) is 5.08. The molecule has 0 atom stereocenters. The highest BCUT2D eigenvalue weighted by Crippen LogP contribution is 2.24. The zero-order valence-electron chi connectivity index (χ0n) is 14.8. The van der Waals surface area contributed by atoms with Crippen molar-refractivity contribution in [1.29, 1.82) is 0 Å². The average molecular weight is 349 g/mol. The Balaban J connectivity index is 1.64. The summed E-state index contributed by atoms with van der Waals surface area (Å²) in [6.45, 7) is 7.52. The van der Waals surface area contributed by atoms with E-state index in [1.807, 2.05) is 10.6 Å². The molecule has 6 heteroatoms. The number of rotatable bonds is 4. The summed E-state index contributed by atoms with van der Waals surface area (Å²) in [6.07, 6.45) is 1.73. The SMILES string of the molecule is CCN1CCN(c2cccc(-n3cnc4cc(C(=O)[O-])ccc43)c2)CC1. The summed E-state index contributed by atoms with van der Waals surface area (Å²) in [6, 6.07) is 13.3. The number of imidazole rings is 1. The fourth-order valence-electron chi connectivity index (χ4n) is 3.51. The van der Waals surface area contributed by atoms with Crippen LogP contribution >= 0.6 is 0 Å². The van der Waals surface area contributed by atoms with Gasteiger partial charge in [0, 0.05) is 37.6 Å². The fourth-order valence-corrected chi connectivity index (χ4v) is 3.51. The van der Waals surface area contributed by atoms with Crippen molar-refractivity contribution in [2.75, 3.05) is 37.6 Å². The Morgan fingerprint density at radius 2 is 1.85 bits per heavy atom. The number of carboxylic acid groups (broad SMARTS) is 1. The summed E-state index contributed by atoms with van der Waals surface area (Å²) in [5.41, 5.74) is 3.89. The van der Waals surface area contributed by atoms with Gasteiger partial charge in [0.1, 0.15) is 6.33 Å². The first-order chi connectivity index (χ1) is 12.7. The lowest BCUT2D eigenvalue weighted by Gasteiger charge is -2.35. The number of aromatic nitrogens is 2. The Labute approximate surface area is 152 Å². The van der Waals surface area contributed by atoms with E-state index in [9.17, 15) is 9.90 Å². The van der Waals surface area contributed by atoms with Crippen molar-refractivity contribution in [2.24, 2.45) is 0 Å². The van der Waals surface area contributed by atoms with Gasteiger partial charge in [-0.15, -0.1) is 0 Å². The van der Waals surface area contributed by atoms with Crippen LogP contribution in [0.5, 0.6) is 0 Å². The van der Waals surface area contributed by atoms with Crippen molar-refractivity contribution in [1.82, 2.24) is 14.5 Å². The van der Waals surface area contributed by atoms with Gasteiger partial charge in [0.05, 0.1) is 17.0 Å². The number of piperazine rings is 1. The molecular weight excluding hydrogens is 328 g/mol. The third-order valence-electron chi connectivity index (χ3n) is 5.08. The lowest BCUT2D eigenvalue weighted by atomic mass is 10.2. The maximum Gasteiger partial charge on any atom is 0.100 e. The zero-order chi connectivity index (χ0) is 18.1. The summed E-state index contributed by atoms with van der Waals surface area (Å²) in [4.78, 5) is 20.2. The van der Waals surface area contributed by atoms with E-state index in [-0.39, 0.29) is 5.56 Å². The van der Waals surface area contributed by atoms with E-state index in [1.54, 1.807) is 24.5 Å². The molecule has 1 aliphatic rings. The second-order valence-electron chi connectivity index (χ2n) is 6.55. The van der Waals surface area contributed by atoms with Gasteiger partial charge in [-0.3, -0.25) is 4.57 Å². The van der Waals surface area contributed by atoms with E-state index in [2.05, 4.69) is 39.9 Å². The van der Waals surface area contributed by atoms with E-state index in [1.165, 1.54) is 5.69 Å². The molecule has 26 heavy (non-hydrogen) atoms. The molecule has 3 aromatic rings. The lowest BCUT2D eigenvalue weighted by molar-refractivity contribution is -0.255. The van der Waals surface area contributed by atoms with Crippen LogP contribution in [-0.4, -0.2) is 53.1 Å². The molecule has 134 valence electrons. The molecule has 0 radical (unpaired) electrons. The van der Waals surface area contributed by atoms with Crippen molar-refractivity contribution in [2.45, 2.75) is 6.92 Å². The van der Waals surface area contributed by atoms with Crippen molar-refractivity contribution >= 4 is 22.7 Å². The number of carboxylic acids is 1. The molecule has 2 aromatic carbocycles. The second-order valence-corrected chi connectivity index (χ2v) is 6.55. The summed E-state index contributed by atoms with van der Waals surface area (Å²) in [5, 5.41) is 11.0. The monoisotopic (exact) mass is 349 g/mol. The van der Waals surface area contributed by atoms with Crippen LogP contribution in [-0.2, 0) is 0 Å². The van der Waals surface area contributed by atoms with E-state index < -0.39 is 5.97 Å². The van der Waals surface area contributed by atoms with Crippen molar-refractivity contribution in [3.05, 3.63) is 54.4 Å². The van der Waals surface area contributed by atoms with Crippen molar-refractivity contribution in [3.63, 3.8) is 0 Å². The number of nitrogens with zero attached hydrogens (tertiary/aromatic N) is 4. The molecular formula is C20H21N4O2-. The zero-order valence-corrected chi connectivity index (χ0v) is 14.8. The molecule has 0 amide bonds. The van der Waals surface area contributed by atoms with Crippen LogP contribution in [0.3, 0.4) is 0 Å². The number of hydrogen-bond acceptors (Lipinski definition) is 5. The van der Waals surface area contributed by atoms with Crippen LogP contribution in [0.4, 0.5) is 5.69 Å². The van der Waals surface area contributed by atoms with Crippen LogP contribution in [0.1, 0.15) is 17.3 Å². The number of aromatic carboxylic acids is 1. The first-order valence-electron chi connectivity index (χ1n) is 8.92. The minimum absolute atomic E-state index is 0.144. The maximum atomic E-state index is 11.0. The van der Waals surface area contributed by atoms with Crippen molar-refractivity contribution < 1.29 is 9.90 Å². The summed E-state index contributed by atoms with van der Waals surface area (Å²) >= 11 is 0.